The number of benzene rings is 1. The molecule has 1 aromatic rings. The molecule has 0 aromatic heterocycles. The molecule has 48 heavy (non-hydrogen) atoms. The van der Waals surface area contributed by atoms with Crippen LogP contribution in [-0.4, -0.2) is 29.6 Å². The summed E-state index contributed by atoms with van der Waals surface area (Å²) < 4.78 is 0. The molecule has 1 aromatic carbocycles. The molecule has 0 spiro atoms. The van der Waals surface area contributed by atoms with Gasteiger partial charge in [-0.1, -0.05) is 130 Å². The number of Topliss-reactive ketones (excluding diaryl/α,β-unsaturated/α-hetero) is 2. The van der Waals surface area contributed by atoms with Crippen molar-refractivity contribution in [2.24, 2.45) is 5.92 Å². The zero-order chi connectivity index (χ0) is 36.2. The first-order chi connectivity index (χ1) is 22.8. The number of ketones is 2. The van der Waals surface area contributed by atoms with Crippen molar-refractivity contribution in [3.63, 3.8) is 0 Å². The van der Waals surface area contributed by atoms with Gasteiger partial charge in [-0.3, -0.25) is 9.59 Å². The first-order valence-corrected chi connectivity index (χ1v) is 19.5. The van der Waals surface area contributed by atoms with E-state index in [9.17, 15) is 9.59 Å². The number of hydrogen-bond acceptors (Lipinski definition) is 4. The lowest BCUT2D eigenvalue weighted by molar-refractivity contribution is -0.128. The fourth-order valence-corrected chi connectivity index (χ4v) is 7.33. The van der Waals surface area contributed by atoms with Gasteiger partial charge in [-0.25, -0.2) is 0 Å². The Hall–Kier alpha value is -2.51. The van der Waals surface area contributed by atoms with Crippen molar-refractivity contribution in [2.75, 3.05) is 13.1 Å². The first kappa shape index (κ1) is 43.5. The number of unbranched alkanes of at least 4 members (excludes halogenated alkanes) is 4. The van der Waals surface area contributed by atoms with E-state index in [1.807, 2.05) is 18.7 Å². The Morgan fingerprint density at radius 3 is 2.17 bits per heavy atom. The SMILES string of the molecule is C#CCC.CCC.[CH2]C(=O)C(CCCCCCCN(CCC)C1=CCCC(c2ccc3c(c2)C(C)(C)CCC3(C)C)=CS1)C(=O)[CH]C=C. The van der Waals surface area contributed by atoms with Gasteiger partial charge in [0.25, 0.3) is 0 Å². The maximum atomic E-state index is 12.1. The van der Waals surface area contributed by atoms with Crippen LogP contribution in [0.4, 0.5) is 0 Å². The van der Waals surface area contributed by atoms with Crippen LogP contribution in [-0.2, 0) is 20.4 Å². The molecule has 2 aliphatic rings. The van der Waals surface area contributed by atoms with E-state index in [4.69, 9.17) is 6.42 Å². The van der Waals surface area contributed by atoms with Gasteiger partial charge in [-0.05, 0) is 83.4 Å². The average molecular weight is 674 g/mol. The highest BCUT2D eigenvalue weighted by Gasteiger charge is 2.37. The Morgan fingerprint density at radius 2 is 1.58 bits per heavy atom. The van der Waals surface area contributed by atoms with E-state index in [1.54, 1.807) is 0 Å². The van der Waals surface area contributed by atoms with E-state index in [0.717, 1.165) is 70.9 Å². The minimum atomic E-state index is -0.607. The van der Waals surface area contributed by atoms with Crippen molar-refractivity contribution in [1.29, 1.82) is 0 Å². The summed E-state index contributed by atoms with van der Waals surface area (Å²) in [4.78, 5) is 26.4. The summed E-state index contributed by atoms with van der Waals surface area (Å²) in [7, 11) is 0. The third-order valence-electron chi connectivity index (χ3n) is 9.22. The lowest BCUT2D eigenvalue weighted by Gasteiger charge is -2.42. The number of allylic oxidation sites excluding steroid dienone is 3. The summed E-state index contributed by atoms with van der Waals surface area (Å²) in [6.07, 6.45) is 23.9. The molecule has 0 saturated carbocycles. The van der Waals surface area contributed by atoms with Gasteiger partial charge in [-0.2, -0.15) is 0 Å². The largest absolute Gasteiger partial charge is 0.366 e. The second-order valence-electron chi connectivity index (χ2n) is 14.5. The molecule has 3 nitrogen and oxygen atoms in total. The van der Waals surface area contributed by atoms with Crippen LogP contribution in [0.25, 0.3) is 5.57 Å². The van der Waals surface area contributed by atoms with Crippen LogP contribution in [0.15, 0.2) is 47.4 Å². The Morgan fingerprint density at radius 1 is 0.979 bits per heavy atom. The van der Waals surface area contributed by atoms with E-state index < -0.39 is 5.92 Å². The summed E-state index contributed by atoms with van der Waals surface area (Å²) in [6.45, 7) is 27.3. The molecule has 1 aliphatic carbocycles. The molecule has 266 valence electrons. The summed E-state index contributed by atoms with van der Waals surface area (Å²) in [6, 6.07) is 7.28. The minimum absolute atomic E-state index is 0.166. The molecule has 0 bridgehead atoms. The Kier molecular flexibility index (Phi) is 20.8. The zero-order valence-corrected chi connectivity index (χ0v) is 32.7. The topological polar surface area (TPSA) is 37.4 Å². The van der Waals surface area contributed by atoms with E-state index in [2.05, 4.69) is 102 Å². The minimum Gasteiger partial charge on any atom is -0.366 e. The fraction of sp³-hybridized carbons (Fsp3) is 0.591. The van der Waals surface area contributed by atoms with Gasteiger partial charge in [0, 0.05) is 32.9 Å². The quantitative estimate of drug-likeness (QED) is 0.0994. The van der Waals surface area contributed by atoms with Crippen molar-refractivity contribution in [2.45, 2.75) is 150 Å². The molecule has 3 rings (SSSR count). The fourth-order valence-electron chi connectivity index (χ4n) is 6.27. The van der Waals surface area contributed by atoms with Crippen molar-refractivity contribution in [1.82, 2.24) is 4.90 Å². The second-order valence-corrected chi connectivity index (χ2v) is 15.4. The normalized spacial score (nSPS) is 16.5. The number of thioether (sulfide) groups is 1. The monoisotopic (exact) mass is 673 g/mol. The lowest BCUT2D eigenvalue weighted by Crippen LogP contribution is -2.33. The summed E-state index contributed by atoms with van der Waals surface area (Å²) >= 11 is 1.90. The molecule has 1 heterocycles. The van der Waals surface area contributed by atoms with Crippen molar-refractivity contribution >= 4 is 28.9 Å². The molecule has 2 radical (unpaired) electrons. The number of carbonyl (C=O) groups excluding carboxylic acids is 2. The molecular formula is C44H67NO2S. The highest BCUT2D eigenvalue weighted by Crippen LogP contribution is 2.47. The molecule has 1 aliphatic heterocycles. The lowest BCUT2D eigenvalue weighted by atomic mass is 9.63. The van der Waals surface area contributed by atoms with Gasteiger partial charge >= 0.3 is 0 Å². The summed E-state index contributed by atoms with van der Waals surface area (Å²) in [5, 5.41) is 3.81. The third-order valence-corrected chi connectivity index (χ3v) is 10.3. The van der Waals surface area contributed by atoms with Gasteiger partial charge in [0.1, 0.15) is 5.78 Å². The Balaban J connectivity index is 0.00000150. The molecule has 4 heteroatoms. The van der Waals surface area contributed by atoms with Gasteiger partial charge in [0.2, 0.25) is 0 Å². The Bertz CT molecular complexity index is 1240. The summed E-state index contributed by atoms with van der Waals surface area (Å²) in [5.41, 5.74) is 6.41. The third kappa shape index (κ3) is 14.5. The molecule has 0 fully saturated rings. The number of rotatable bonds is 16. The van der Waals surface area contributed by atoms with Crippen LogP contribution >= 0.6 is 11.8 Å². The van der Waals surface area contributed by atoms with E-state index in [1.165, 1.54) is 59.1 Å². The molecule has 1 unspecified atom stereocenters. The van der Waals surface area contributed by atoms with Crippen molar-refractivity contribution < 1.29 is 9.59 Å². The van der Waals surface area contributed by atoms with E-state index in [-0.39, 0.29) is 22.4 Å². The maximum Gasteiger partial charge on any atom is 0.151 e. The molecule has 0 saturated heterocycles. The number of carbonyl (C=O) groups is 2. The van der Waals surface area contributed by atoms with Gasteiger partial charge < -0.3 is 4.90 Å². The second kappa shape index (κ2) is 23.0. The van der Waals surface area contributed by atoms with E-state index in [0.29, 0.717) is 6.42 Å². The first-order valence-electron chi connectivity index (χ1n) is 18.6. The van der Waals surface area contributed by atoms with Gasteiger partial charge in [0.05, 0.1) is 10.9 Å². The predicted molar refractivity (Wildman–Crippen MR) is 213 cm³/mol. The Labute approximate surface area is 300 Å². The average Bonchev–Trinajstić information content (AvgIpc) is 3.31. The number of nitrogens with zero attached hydrogens (tertiary/aromatic N) is 1. The van der Waals surface area contributed by atoms with Crippen molar-refractivity contribution in [3.8, 4) is 12.3 Å². The van der Waals surface area contributed by atoms with Crippen molar-refractivity contribution in [3.05, 3.63) is 77.4 Å². The number of hydrogen-bond donors (Lipinski definition) is 0. The van der Waals surface area contributed by atoms with Crippen LogP contribution in [0.2, 0.25) is 0 Å². The molecule has 0 N–H and O–H groups in total. The van der Waals surface area contributed by atoms with Crippen LogP contribution in [0.3, 0.4) is 0 Å². The van der Waals surface area contributed by atoms with Gasteiger partial charge in [0.15, 0.2) is 5.78 Å². The highest BCUT2D eigenvalue weighted by atomic mass is 32.2. The zero-order valence-electron chi connectivity index (χ0n) is 31.9. The summed E-state index contributed by atoms with van der Waals surface area (Å²) in [5.74, 6) is 1.37. The predicted octanol–water partition coefficient (Wildman–Crippen LogP) is 12.2. The van der Waals surface area contributed by atoms with Crippen LogP contribution in [0, 0.1) is 31.6 Å². The van der Waals surface area contributed by atoms with E-state index >= 15 is 0 Å². The van der Waals surface area contributed by atoms with Gasteiger partial charge in [-0.15, -0.1) is 18.9 Å². The molecule has 1 atom stereocenters. The molecule has 0 amide bonds. The number of fused-ring (bicyclic) bond motifs is 1. The standard InChI is InChI=1S/C37H53NO2S.C4H6.C3H8/c1-8-16-34(40)31(28(3)39)18-13-11-10-12-14-25-38(24-9-2)35-19-15-17-30(27-41-35)29-20-21-32-33(26-29)37(6,7)23-22-36(32,4)5;1-3-4-2;1-3-2/h8,16,19-21,26-27,31H,1,3,9-15,17-18,22-25H2,2,4-7H3;1H,4H2,2H3;3H2,1-2H3. The smallest absolute Gasteiger partial charge is 0.151 e. The maximum absolute atomic E-state index is 12.1. The van der Waals surface area contributed by atoms with Crippen LogP contribution in [0.5, 0.6) is 0 Å². The molecular weight excluding hydrogens is 607 g/mol. The number of terminal acetylenes is 1. The van der Waals surface area contributed by atoms with Crippen LogP contribution < -0.4 is 0 Å². The van der Waals surface area contributed by atoms with Crippen LogP contribution in [0.1, 0.15) is 156 Å². The highest BCUT2D eigenvalue weighted by molar-refractivity contribution is 8.05.